The Hall–Kier alpha value is -2.94. The number of aromatic nitrogens is 2. The molecule has 2 N–H and O–H groups in total. The summed E-state index contributed by atoms with van der Waals surface area (Å²) in [4.78, 5) is 11.6. The molecule has 0 atom stereocenters. The third-order valence-electron chi connectivity index (χ3n) is 2.81. The van der Waals surface area contributed by atoms with Crippen molar-refractivity contribution in [2.24, 2.45) is 5.92 Å². The molecule has 0 saturated heterocycles. The van der Waals surface area contributed by atoms with E-state index in [1.165, 1.54) is 0 Å². The lowest BCUT2D eigenvalue weighted by molar-refractivity contribution is -0.116. The van der Waals surface area contributed by atoms with Crippen LogP contribution in [0.25, 0.3) is 0 Å². The summed E-state index contributed by atoms with van der Waals surface area (Å²) < 4.78 is 0. The van der Waals surface area contributed by atoms with E-state index < -0.39 is 0 Å². The maximum atomic E-state index is 11.6. The Morgan fingerprint density at radius 3 is 2.32 bits per heavy atom. The van der Waals surface area contributed by atoms with E-state index in [2.05, 4.69) is 26.9 Å². The molecule has 6 heteroatoms. The van der Waals surface area contributed by atoms with Crippen molar-refractivity contribution in [2.75, 3.05) is 10.6 Å². The zero-order valence-electron chi connectivity index (χ0n) is 12.5. The first-order chi connectivity index (χ1) is 10.6. The summed E-state index contributed by atoms with van der Waals surface area (Å²) in [7, 11) is 0. The van der Waals surface area contributed by atoms with E-state index in [0.717, 1.165) is 5.69 Å². The van der Waals surface area contributed by atoms with Gasteiger partial charge >= 0.3 is 0 Å². The quantitative estimate of drug-likeness (QED) is 0.884. The normalized spacial score (nSPS) is 10.1. The average Bonchev–Trinajstić information content (AvgIpc) is 2.49. The van der Waals surface area contributed by atoms with Crippen LogP contribution in [-0.4, -0.2) is 16.1 Å². The minimum Gasteiger partial charge on any atom is -0.339 e. The highest BCUT2D eigenvalue weighted by Gasteiger charge is 2.06. The van der Waals surface area contributed by atoms with E-state index in [1.807, 2.05) is 13.8 Å². The molecule has 0 radical (unpaired) electrons. The van der Waals surface area contributed by atoms with Crippen molar-refractivity contribution in [3.63, 3.8) is 0 Å². The van der Waals surface area contributed by atoms with Gasteiger partial charge < -0.3 is 10.6 Å². The number of carbonyl (C=O) groups excluding carboxylic acids is 1. The molecule has 2 aromatic rings. The van der Waals surface area contributed by atoms with Crippen molar-refractivity contribution in [1.82, 2.24) is 10.2 Å². The number of nitriles is 1. The highest BCUT2D eigenvalue weighted by Crippen LogP contribution is 2.15. The zero-order valence-corrected chi connectivity index (χ0v) is 12.5. The Morgan fingerprint density at radius 2 is 1.77 bits per heavy atom. The van der Waals surface area contributed by atoms with Crippen LogP contribution in [0.1, 0.15) is 25.8 Å². The summed E-state index contributed by atoms with van der Waals surface area (Å²) in [5.74, 6) is 1.21. The molecule has 2 rings (SSSR count). The molecule has 1 amide bonds. The van der Waals surface area contributed by atoms with Crippen LogP contribution in [0, 0.1) is 17.2 Å². The molecular formula is C16H17N5O. The summed E-state index contributed by atoms with van der Waals surface area (Å²) in [6, 6.07) is 12.5. The van der Waals surface area contributed by atoms with Crippen LogP contribution in [0.4, 0.5) is 17.3 Å². The van der Waals surface area contributed by atoms with Crippen LogP contribution < -0.4 is 10.6 Å². The van der Waals surface area contributed by atoms with Gasteiger partial charge in [0.05, 0.1) is 11.6 Å². The molecule has 0 unspecified atom stereocenters. The van der Waals surface area contributed by atoms with Gasteiger partial charge in [0.1, 0.15) is 0 Å². The molecule has 0 fully saturated rings. The second-order valence-corrected chi connectivity index (χ2v) is 5.26. The van der Waals surface area contributed by atoms with Crippen molar-refractivity contribution in [3.05, 3.63) is 42.0 Å². The number of nitrogens with zero attached hydrogens (tertiary/aromatic N) is 3. The van der Waals surface area contributed by atoms with Gasteiger partial charge in [0, 0.05) is 12.1 Å². The first kappa shape index (κ1) is 15.4. The lowest BCUT2D eigenvalue weighted by Gasteiger charge is -2.07. The molecule has 1 heterocycles. The largest absolute Gasteiger partial charge is 0.339 e. The van der Waals surface area contributed by atoms with Crippen LogP contribution in [0.5, 0.6) is 0 Å². The average molecular weight is 295 g/mol. The van der Waals surface area contributed by atoms with Crippen LogP contribution >= 0.6 is 0 Å². The molecule has 22 heavy (non-hydrogen) atoms. The molecule has 0 aliphatic rings. The van der Waals surface area contributed by atoms with Crippen molar-refractivity contribution in [2.45, 2.75) is 20.3 Å². The number of rotatable bonds is 5. The predicted octanol–water partition coefficient (Wildman–Crippen LogP) is 3.08. The van der Waals surface area contributed by atoms with Crippen LogP contribution in [-0.2, 0) is 4.79 Å². The van der Waals surface area contributed by atoms with Gasteiger partial charge in [0.15, 0.2) is 11.6 Å². The van der Waals surface area contributed by atoms with Gasteiger partial charge in [0.2, 0.25) is 5.91 Å². The summed E-state index contributed by atoms with van der Waals surface area (Å²) in [5.41, 5.74) is 1.41. The third kappa shape index (κ3) is 4.56. The first-order valence-corrected chi connectivity index (χ1v) is 6.97. The number of nitrogens with one attached hydrogen (secondary N) is 2. The van der Waals surface area contributed by atoms with Crippen molar-refractivity contribution < 1.29 is 4.79 Å². The number of hydrogen-bond acceptors (Lipinski definition) is 5. The molecule has 0 saturated carbocycles. The van der Waals surface area contributed by atoms with Gasteiger partial charge in [-0.2, -0.15) is 5.26 Å². The van der Waals surface area contributed by atoms with Gasteiger partial charge in [-0.3, -0.25) is 4.79 Å². The fourth-order valence-electron chi connectivity index (χ4n) is 1.81. The van der Waals surface area contributed by atoms with E-state index >= 15 is 0 Å². The van der Waals surface area contributed by atoms with Crippen LogP contribution in [0.3, 0.4) is 0 Å². The minimum atomic E-state index is -0.0721. The maximum absolute atomic E-state index is 11.6. The van der Waals surface area contributed by atoms with E-state index in [0.29, 0.717) is 29.5 Å². The summed E-state index contributed by atoms with van der Waals surface area (Å²) >= 11 is 0. The summed E-state index contributed by atoms with van der Waals surface area (Å²) in [5, 5.41) is 22.5. The third-order valence-corrected chi connectivity index (χ3v) is 2.81. The number of anilines is 3. The summed E-state index contributed by atoms with van der Waals surface area (Å²) in [6.07, 6.45) is 0.451. The van der Waals surface area contributed by atoms with E-state index in [-0.39, 0.29) is 5.91 Å². The molecular weight excluding hydrogens is 278 g/mol. The van der Waals surface area contributed by atoms with E-state index in [1.54, 1.807) is 36.4 Å². The zero-order chi connectivity index (χ0) is 15.9. The van der Waals surface area contributed by atoms with Gasteiger partial charge in [0.25, 0.3) is 0 Å². The standard InChI is InChI=1S/C16H17N5O/c1-11(2)9-16(22)19-15-8-7-14(20-21-15)18-13-5-3-12(10-17)4-6-13/h3-8,11H,9H2,1-2H3,(H,18,20)(H,19,21,22). The van der Waals surface area contributed by atoms with Gasteiger partial charge in [-0.05, 0) is 42.3 Å². The number of benzene rings is 1. The Kier molecular flexibility index (Phi) is 5.04. The van der Waals surface area contributed by atoms with Crippen molar-refractivity contribution in [1.29, 1.82) is 5.26 Å². The van der Waals surface area contributed by atoms with E-state index in [9.17, 15) is 4.79 Å². The van der Waals surface area contributed by atoms with Gasteiger partial charge in [-0.1, -0.05) is 13.8 Å². The van der Waals surface area contributed by atoms with E-state index in [4.69, 9.17) is 5.26 Å². The summed E-state index contributed by atoms with van der Waals surface area (Å²) in [6.45, 7) is 3.96. The molecule has 0 aliphatic heterocycles. The Balaban J connectivity index is 1.96. The molecule has 112 valence electrons. The molecule has 0 bridgehead atoms. The molecule has 1 aromatic heterocycles. The fraction of sp³-hybridized carbons (Fsp3) is 0.250. The second-order valence-electron chi connectivity index (χ2n) is 5.26. The Bertz CT molecular complexity index is 671. The Labute approximate surface area is 129 Å². The highest BCUT2D eigenvalue weighted by atomic mass is 16.1. The molecule has 6 nitrogen and oxygen atoms in total. The smallest absolute Gasteiger partial charge is 0.225 e. The van der Waals surface area contributed by atoms with Gasteiger partial charge in [-0.15, -0.1) is 10.2 Å². The first-order valence-electron chi connectivity index (χ1n) is 6.97. The molecule has 0 spiro atoms. The Morgan fingerprint density at radius 1 is 1.14 bits per heavy atom. The lowest BCUT2D eigenvalue weighted by atomic mass is 10.1. The molecule has 1 aromatic carbocycles. The monoisotopic (exact) mass is 295 g/mol. The van der Waals surface area contributed by atoms with Crippen LogP contribution in [0.15, 0.2) is 36.4 Å². The highest BCUT2D eigenvalue weighted by molar-refractivity contribution is 5.89. The van der Waals surface area contributed by atoms with Crippen molar-refractivity contribution >= 4 is 23.2 Å². The second kappa shape index (κ2) is 7.18. The van der Waals surface area contributed by atoms with Crippen molar-refractivity contribution in [3.8, 4) is 6.07 Å². The number of amides is 1. The number of carbonyl (C=O) groups is 1. The van der Waals surface area contributed by atoms with Crippen LogP contribution in [0.2, 0.25) is 0 Å². The SMILES string of the molecule is CC(C)CC(=O)Nc1ccc(Nc2ccc(C#N)cc2)nn1. The topological polar surface area (TPSA) is 90.7 Å². The predicted molar refractivity (Wildman–Crippen MR) is 84.6 cm³/mol. The number of hydrogen-bond donors (Lipinski definition) is 2. The fourth-order valence-corrected chi connectivity index (χ4v) is 1.81. The van der Waals surface area contributed by atoms with Gasteiger partial charge in [-0.25, -0.2) is 0 Å². The lowest BCUT2D eigenvalue weighted by Crippen LogP contribution is -2.15. The maximum Gasteiger partial charge on any atom is 0.225 e. The molecule has 0 aliphatic carbocycles. The minimum absolute atomic E-state index is 0.0721.